The summed E-state index contributed by atoms with van der Waals surface area (Å²) in [6, 6.07) is 6.15. The van der Waals surface area contributed by atoms with Crippen molar-refractivity contribution >= 4 is 11.9 Å². The van der Waals surface area contributed by atoms with Crippen LogP contribution in [0.2, 0.25) is 0 Å². The fraction of sp³-hybridized carbons (Fsp3) is 0.560. The number of ether oxygens (including phenoxy) is 2. The van der Waals surface area contributed by atoms with Gasteiger partial charge in [0.05, 0.1) is 0 Å². The number of aryl methyl sites for hydroxylation is 1. The highest BCUT2D eigenvalue weighted by Crippen LogP contribution is 2.33. The second kappa shape index (κ2) is 8.82. The van der Waals surface area contributed by atoms with Crippen LogP contribution in [0, 0.1) is 5.92 Å². The van der Waals surface area contributed by atoms with Gasteiger partial charge in [0.15, 0.2) is 11.5 Å². The van der Waals surface area contributed by atoms with Crippen LogP contribution < -0.4 is 14.4 Å². The van der Waals surface area contributed by atoms with Gasteiger partial charge in [-0.3, -0.25) is 9.69 Å². The van der Waals surface area contributed by atoms with Crippen molar-refractivity contribution in [3.05, 3.63) is 41.2 Å². The van der Waals surface area contributed by atoms with Gasteiger partial charge in [-0.2, -0.15) is 0 Å². The first-order valence-corrected chi connectivity index (χ1v) is 12.2. The number of aromatic nitrogens is 2. The fourth-order valence-corrected chi connectivity index (χ4v) is 5.46. The van der Waals surface area contributed by atoms with Gasteiger partial charge in [0.1, 0.15) is 0 Å². The summed E-state index contributed by atoms with van der Waals surface area (Å²) in [6.45, 7) is 6.65. The Kier molecular flexibility index (Phi) is 5.54. The lowest BCUT2D eigenvalue weighted by atomic mass is 9.86. The SMILES string of the molecule is O=C(C1CCc2nc(N3CCCC3)ncc2C1)N1CCN(Cc2ccc3c(c2)OCO3)CC1. The molecular formula is C25H31N5O3. The molecule has 2 saturated heterocycles. The Hall–Kier alpha value is -2.87. The Morgan fingerprint density at radius 3 is 2.70 bits per heavy atom. The van der Waals surface area contributed by atoms with E-state index in [1.165, 1.54) is 18.4 Å². The largest absolute Gasteiger partial charge is 0.454 e. The van der Waals surface area contributed by atoms with Crippen LogP contribution in [-0.4, -0.2) is 71.7 Å². The molecule has 0 saturated carbocycles. The highest BCUT2D eigenvalue weighted by molar-refractivity contribution is 5.79. The van der Waals surface area contributed by atoms with E-state index in [1.54, 1.807) is 0 Å². The van der Waals surface area contributed by atoms with Crippen LogP contribution in [0.3, 0.4) is 0 Å². The summed E-state index contributed by atoms with van der Waals surface area (Å²) < 4.78 is 10.9. The van der Waals surface area contributed by atoms with Crippen LogP contribution in [0.4, 0.5) is 5.95 Å². The van der Waals surface area contributed by atoms with Gasteiger partial charge in [-0.05, 0) is 55.4 Å². The van der Waals surface area contributed by atoms with Gasteiger partial charge in [0.25, 0.3) is 0 Å². The molecule has 1 aromatic heterocycles. The maximum absolute atomic E-state index is 13.3. The molecule has 1 amide bonds. The molecule has 0 spiro atoms. The van der Waals surface area contributed by atoms with Crippen molar-refractivity contribution in [1.29, 1.82) is 0 Å². The van der Waals surface area contributed by atoms with Crippen LogP contribution in [0.15, 0.2) is 24.4 Å². The molecule has 0 bridgehead atoms. The number of piperazine rings is 1. The number of fused-ring (bicyclic) bond motifs is 2. The van der Waals surface area contributed by atoms with Crippen molar-refractivity contribution in [2.75, 3.05) is 51.0 Å². The molecule has 1 atom stereocenters. The van der Waals surface area contributed by atoms with Crippen LogP contribution in [-0.2, 0) is 24.2 Å². The first kappa shape index (κ1) is 20.7. The van der Waals surface area contributed by atoms with Gasteiger partial charge >= 0.3 is 0 Å². The van der Waals surface area contributed by atoms with Crippen LogP contribution in [0.25, 0.3) is 0 Å². The second-order valence-electron chi connectivity index (χ2n) is 9.56. The Labute approximate surface area is 194 Å². The molecule has 0 N–H and O–H groups in total. The molecule has 1 aliphatic carbocycles. The van der Waals surface area contributed by atoms with Crippen molar-refractivity contribution in [2.45, 2.75) is 38.6 Å². The molecule has 6 rings (SSSR count). The fourth-order valence-electron chi connectivity index (χ4n) is 5.46. The highest BCUT2D eigenvalue weighted by atomic mass is 16.7. The second-order valence-corrected chi connectivity index (χ2v) is 9.56. The van der Waals surface area contributed by atoms with E-state index in [0.29, 0.717) is 12.7 Å². The summed E-state index contributed by atoms with van der Waals surface area (Å²) in [5, 5.41) is 0. The van der Waals surface area contributed by atoms with Crippen LogP contribution in [0.1, 0.15) is 36.1 Å². The standard InChI is InChI=1S/C25H31N5O3/c31-24(19-4-5-21-20(14-19)15-26-25(27-21)30-7-1-2-8-30)29-11-9-28(10-12-29)16-18-3-6-22-23(13-18)33-17-32-22/h3,6,13,15,19H,1-2,4-5,7-12,14,16-17H2. The lowest BCUT2D eigenvalue weighted by Gasteiger charge is -2.37. The summed E-state index contributed by atoms with van der Waals surface area (Å²) >= 11 is 0. The molecule has 8 heteroatoms. The lowest BCUT2D eigenvalue weighted by molar-refractivity contribution is -0.137. The van der Waals surface area contributed by atoms with Gasteiger partial charge in [0.2, 0.25) is 18.6 Å². The molecule has 0 radical (unpaired) electrons. The smallest absolute Gasteiger partial charge is 0.231 e. The first-order valence-electron chi connectivity index (χ1n) is 12.2. The number of carbonyl (C=O) groups is 1. The van der Waals surface area contributed by atoms with E-state index in [0.717, 1.165) is 93.8 Å². The minimum Gasteiger partial charge on any atom is -0.454 e. The summed E-state index contributed by atoms with van der Waals surface area (Å²) in [6.07, 6.45) is 6.95. The molecule has 1 unspecified atom stereocenters. The molecule has 3 aliphatic heterocycles. The van der Waals surface area contributed by atoms with E-state index in [9.17, 15) is 4.79 Å². The predicted octanol–water partition coefficient (Wildman–Crippen LogP) is 2.25. The quantitative estimate of drug-likeness (QED) is 0.709. The third kappa shape index (κ3) is 4.24. The van der Waals surface area contributed by atoms with Gasteiger partial charge in [0, 0.05) is 63.6 Å². The lowest BCUT2D eigenvalue weighted by Crippen LogP contribution is -2.50. The molecule has 4 heterocycles. The third-order valence-corrected chi connectivity index (χ3v) is 7.40. The average Bonchev–Trinajstić information content (AvgIpc) is 3.56. The van der Waals surface area contributed by atoms with Gasteiger partial charge in [-0.15, -0.1) is 0 Å². The molecular weight excluding hydrogens is 418 g/mol. The maximum Gasteiger partial charge on any atom is 0.231 e. The van der Waals surface area contributed by atoms with Crippen LogP contribution in [0.5, 0.6) is 11.5 Å². The molecule has 4 aliphatic rings. The van der Waals surface area contributed by atoms with Gasteiger partial charge < -0.3 is 19.3 Å². The van der Waals surface area contributed by atoms with E-state index in [-0.39, 0.29) is 5.92 Å². The molecule has 1 aromatic carbocycles. The van der Waals surface area contributed by atoms with E-state index < -0.39 is 0 Å². The molecule has 2 fully saturated rings. The maximum atomic E-state index is 13.3. The summed E-state index contributed by atoms with van der Waals surface area (Å²) in [7, 11) is 0. The minimum atomic E-state index is 0.0548. The minimum absolute atomic E-state index is 0.0548. The summed E-state index contributed by atoms with van der Waals surface area (Å²) in [5.74, 6) is 2.87. The number of hydrogen-bond donors (Lipinski definition) is 0. The Balaban J connectivity index is 1.03. The predicted molar refractivity (Wildman–Crippen MR) is 123 cm³/mol. The molecule has 2 aromatic rings. The highest BCUT2D eigenvalue weighted by Gasteiger charge is 2.31. The number of hydrogen-bond acceptors (Lipinski definition) is 7. The zero-order valence-electron chi connectivity index (χ0n) is 19.0. The Morgan fingerprint density at radius 1 is 1.03 bits per heavy atom. The summed E-state index contributed by atoms with van der Waals surface area (Å²) in [4.78, 5) is 29.5. The normalized spacial score (nSPS) is 22.5. The zero-order valence-corrected chi connectivity index (χ0v) is 19.0. The van der Waals surface area contributed by atoms with Crippen molar-refractivity contribution in [2.24, 2.45) is 5.92 Å². The molecule has 174 valence electrons. The number of carbonyl (C=O) groups excluding carboxylic acids is 1. The Morgan fingerprint density at radius 2 is 1.85 bits per heavy atom. The van der Waals surface area contributed by atoms with Crippen molar-refractivity contribution in [1.82, 2.24) is 19.8 Å². The van der Waals surface area contributed by atoms with Crippen molar-refractivity contribution < 1.29 is 14.3 Å². The topological polar surface area (TPSA) is 71.0 Å². The number of nitrogens with zero attached hydrogens (tertiary/aromatic N) is 5. The number of amides is 1. The zero-order chi connectivity index (χ0) is 22.2. The third-order valence-electron chi connectivity index (χ3n) is 7.40. The number of benzene rings is 1. The van der Waals surface area contributed by atoms with Crippen molar-refractivity contribution in [3.63, 3.8) is 0 Å². The number of rotatable bonds is 4. The van der Waals surface area contributed by atoms with Crippen LogP contribution >= 0.6 is 0 Å². The Bertz CT molecular complexity index is 1030. The molecule has 33 heavy (non-hydrogen) atoms. The average molecular weight is 450 g/mol. The molecule has 8 nitrogen and oxygen atoms in total. The van der Waals surface area contributed by atoms with E-state index in [4.69, 9.17) is 14.5 Å². The van der Waals surface area contributed by atoms with Gasteiger partial charge in [-0.25, -0.2) is 9.97 Å². The monoisotopic (exact) mass is 449 g/mol. The van der Waals surface area contributed by atoms with E-state index in [2.05, 4.69) is 31.8 Å². The summed E-state index contributed by atoms with van der Waals surface area (Å²) in [5.41, 5.74) is 3.52. The van der Waals surface area contributed by atoms with E-state index in [1.807, 2.05) is 12.3 Å². The first-order chi connectivity index (χ1) is 16.2. The van der Waals surface area contributed by atoms with E-state index >= 15 is 0 Å². The number of anilines is 1. The van der Waals surface area contributed by atoms with Gasteiger partial charge in [-0.1, -0.05) is 6.07 Å². The van der Waals surface area contributed by atoms with Crippen molar-refractivity contribution in [3.8, 4) is 11.5 Å².